The van der Waals surface area contributed by atoms with Crippen LogP contribution < -0.4 is 10.1 Å². The highest BCUT2D eigenvalue weighted by Gasteiger charge is 2.34. The lowest BCUT2D eigenvalue weighted by atomic mass is 9.93. The van der Waals surface area contributed by atoms with Crippen LogP contribution in [0, 0.1) is 11.6 Å². The third-order valence-electron chi connectivity index (χ3n) is 6.85. The molecule has 11 heteroatoms. The van der Waals surface area contributed by atoms with Gasteiger partial charge >= 0.3 is 0 Å². The van der Waals surface area contributed by atoms with Gasteiger partial charge in [0, 0.05) is 34.9 Å². The second-order valence-electron chi connectivity index (χ2n) is 9.51. The summed E-state index contributed by atoms with van der Waals surface area (Å²) in [5.74, 6) is -1.62. The number of nitrogens with one attached hydrogen (secondary N) is 3. The van der Waals surface area contributed by atoms with Gasteiger partial charge in [-0.15, -0.1) is 0 Å². The zero-order valence-electron chi connectivity index (χ0n) is 21.0. The van der Waals surface area contributed by atoms with E-state index in [2.05, 4.69) is 20.3 Å². The van der Waals surface area contributed by atoms with E-state index in [0.717, 1.165) is 11.8 Å². The molecule has 1 saturated heterocycles. The number of aromatic amines is 2. The molecule has 6 rings (SSSR count). The zero-order chi connectivity index (χ0) is 28.0. The standard InChI is InChI=1S/C29H22F2N4O4S/c1-29(38,15-5-3-2-4-6-15)24-14-33-26(34-24)19-11-16(7-8-20(19)30)39-25-18(12-23-27(36)35-28(37)40-23)17-9-10-32-22(17)13-21(25)31/h2-11,13-14,23,32,38H,12H2,1H3,(H,33,34)(H,35,36,37). The van der Waals surface area contributed by atoms with E-state index >= 15 is 4.39 Å². The fourth-order valence-electron chi connectivity index (χ4n) is 4.74. The van der Waals surface area contributed by atoms with Crippen molar-refractivity contribution in [2.45, 2.75) is 24.2 Å². The molecule has 1 fully saturated rings. The van der Waals surface area contributed by atoms with Crippen LogP contribution in [0.4, 0.5) is 13.6 Å². The summed E-state index contributed by atoms with van der Waals surface area (Å²) in [5, 5.41) is 12.8. The largest absolute Gasteiger partial charge is 0.454 e. The van der Waals surface area contributed by atoms with Gasteiger partial charge in [0.25, 0.3) is 5.24 Å². The molecule has 8 nitrogen and oxygen atoms in total. The summed E-state index contributed by atoms with van der Waals surface area (Å²) in [6.45, 7) is 1.59. The van der Waals surface area contributed by atoms with Gasteiger partial charge in [-0.1, -0.05) is 42.1 Å². The Morgan fingerprint density at radius 2 is 1.85 bits per heavy atom. The zero-order valence-corrected chi connectivity index (χ0v) is 21.8. The lowest BCUT2D eigenvalue weighted by molar-refractivity contribution is -0.118. The number of imide groups is 1. The van der Waals surface area contributed by atoms with Gasteiger partial charge in [-0.25, -0.2) is 13.8 Å². The topological polar surface area (TPSA) is 120 Å². The molecule has 0 spiro atoms. The summed E-state index contributed by atoms with van der Waals surface area (Å²) in [7, 11) is 0. The number of hydrogen-bond donors (Lipinski definition) is 4. The van der Waals surface area contributed by atoms with Gasteiger partial charge in [0.1, 0.15) is 23.0 Å². The fraction of sp³-hybridized carbons (Fsp3) is 0.138. The van der Waals surface area contributed by atoms with Crippen LogP contribution in [0.2, 0.25) is 0 Å². The van der Waals surface area contributed by atoms with E-state index in [9.17, 15) is 19.1 Å². The van der Waals surface area contributed by atoms with Gasteiger partial charge in [0.05, 0.1) is 16.5 Å². The van der Waals surface area contributed by atoms with Crippen molar-refractivity contribution in [1.29, 1.82) is 0 Å². The van der Waals surface area contributed by atoms with Crippen molar-refractivity contribution in [1.82, 2.24) is 20.3 Å². The maximum atomic E-state index is 15.3. The van der Waals surface area contributed by atoms with Crippen LogP contribution in [0.15, 0.2) is 73.1 Å². The smallest absolute Gasteiger partial charge is 0.286 e. The molecule has 2 aromatic heterocycles. The number of halogens is 2. The van der Waals surface area contributed by atoms with Crippen molar-refractivity contribution in [3.63, 3.8) is 0 Å². The quantitative estimate of drug-likeness (QED) is 0.200. The van der Waals surface area contributed by atoms with E-state index in [0.29, 0.717) is 22.0 Å². The molecule has 2 amide bonds. The number of benzene rings is 3. The number of carbonyl (C=O) groups excluding carboxylic acids is 2. The van der Waals surface area contributed by atoms with E-state index < -0.39 is 33.6 Å². The van der Waals surface area contributed by atoms with Crippen molar-refractivity contribution < 1.29 is 28.2 Å². The first-order valence-electron chi connectivity index (χ1n) is 12.3. The van der Waals surface area contributed by atoms with Crippen LogP contribution >= 0.6 is 11.8 Å². The summed E-state index contributed by atoms with van der Waals surface area (Å²) in [6.07, 6.45) is 3.17. The van der Waals surface area contributed by atoms with Gasteiger partial charge in [-0.2, -0.15) is 0 Å². The van der Waals surface area contributed by atoms with E-state index in [1.165, 1.54) is 30.5 Å². The SMILES string of the molecule is CC(O)(c1ccccc1)c1c[nH]c(-c2cc(Oc3c(F)cc4[nH]ccc4c3CC3SC(=O)NC3=O)ccc2F)n1. The first-order chi connectivity index (χ1) is 19.2. The highest BCUT2D eigenvalue weighted by molar-refractivity contribution is 8.15. The number of aromatic nitrogens is 3. The van der Waals surface area contributed by atoms with Crippen LogP contribution in [0.25, 0.3) is 22.3 Å². The average molecular weight is 561 g/mol. The second-order valence-corrected chi connectivity index (χ2v) is 10.7. The molecule has 0 bridgehead atoms. The van der Waals surface area contributed by atoms with Crippen LogP contribution in [0.5, 0.6) is 11.5 Å². The van der Waals surface area contributed by atoms with Crippen LogP contribution in [0.3, 0.4) is 0 Å². The Morgan fingerprint density at radius 3 is 2.60 bits per heavy atom. The number of hydrogen-bond acceptors (Lipinski definition) is 6. The molecule has 202 valence electrons. The number of thioether (sulfide) groups is 1. The molecular formula is C29H22F2N4O4S. The van der Waals surface area contributed by atoms with Crippen molar-refractivity contribution in [2.24, 2.45) is 0 Å². The Labute approximate surface area is 230 Å². The predicted octanol–water partition coefficient (Wildman–Crippen LogP) is 5.78. The van der Waals surface area contributed by atoms with E-state index in [4.69, 9.17) is 4.74 Å². The van der Waals surface area contributed by atoms with Gasteiger partial charge in [0.15, 0.2) is 11.6 Å². The minimum Gasteiger partial charge on any atom is -0.454 e. The number of nitrogens with zero attached hydrogens (tertiary/aromatic N) is 1. The number of amides is 2. The lowest BCUT2D eigenvalue weighted by Crippen LogP contribution is -2.25. The highest BCUT2D eigenvalue weighted by atomic mass is 32.2. The van der Waals surface area contributed by atoms with Crippen molar-refractivity contribution >= 4 is 33.8 Å². The Bertz CT molecular complexity index is 1770. The number of aliphatic hydroxyl groups is 1. The summed E-state index contributed by atoms with van der Waals surface area (Å²) in [6, 6.07) is 15.9. The fourth-order valence-corrected chi connectivity index (χ4v) is 5.57. The first kappa shape index (κ1) is 25.8. The predicted molar refractivity (Wildman–Crippen MR) is 146 cm³/mol. The minimum absolute atomic E-state index is 0.0356. The van der Waals surface area contributed by atoms with Gasteiger partial charge in [0.2, 0.25) is 5.91 Å². The Hall–Kier alpha value is -4.48. The van der Waals surface area contributed by atoms with E-state index in [1.807, 2.05) is 6.07 Å². The summed E-state index contributed by atoms with van der Waals surface area (Å²) < 4.78 is 36.3. The molecule has 3 heterocycles. The molecule has 40 heavy (non-hydrogen) atoms. The van der Waals surface area contributed by atoms with Crippen molar-refractivity contribution in [3.8, 4) is 22.9 Å². The molecule has 3 aromatic carbocycles. The number of carbonyl (C=O) groups is 2. The Morgan fingerprint density at radius 1 is 1.05 bits per heavy atom. The normalized spacial score (nSPS) is 16.8. The van der Waals surface area contributed by atoms with Gasteiger partial charge < -0.3 is 19.8 Å². The molecule has 1 aliphatic heterocycles. The molecule has 2 atom stereocenters. The molecule has 0 saturated carbocycles. The average Bonchev–Trinajstić information content (AvgIpc) is 3.68. The van der Waals surface area contributed by atoms with Gasteiger partial charge in [-0.05, 0) is 43.2 Å². The molecule has 5 aromatic rings. The highest BCUT2D eigenvalue weighted by Crippen LogP contribution is 2.39. The molecule has 0 aliphatic carbocycles. The van der Waals surface area contributed by atoms with E-state index in [-0.39, 0.29) is 35.0 Å². The second kappa shape index (κ2) is 9.92. The number of fused-ring (bicyclic) bond motifs is 1. The number of rotatable bonds is 7. The third kappa shape index (κ3) is 4.63. The van der Waals surface area contributed by atoms with Crippen molar-refractivity contribution in [3.05, 3.63) is 102 Å². The Balaban J connectivity index is 1.35. The first-order valence-corrected chi connectivity index (χ1v) is 13.2. The molecule has 2 unspecified atom stereocenters. The third-order valence-corrected chi connectivity index (χ3v) is 7.83. The summed E-state index contributed by atoms with van der Waals surface area (Å²) >= 11 is 0.835. The number of H-pyrrole nitrogens is 2. The lowest BCUT2D eigenvalue weighted by Gasteiger charge is -2.21. The van der Waals surface area contributed by atoms with Crippen LogP contribution in [-0.4, -0.2) is 36.5 Å². The summed E-state index contributed by atoms with van der Waals surface area (Å²) in [4.78, 5) is 34.3. The molecule has 4 N–H and O–H groups in total. The number of imidazole rings is 1. The van der Waals surface area contributed by atoms with Gasteiger partial charge in [-0.3, -0.25) is 14.9 Å². The maximum absolute atomic E-state index is 15.3. The minimum atomic E-state index is -1.43. The van der Waals surface area contributed by atoms with Crippen molar-refractivity contribution in [2.75, 3.05) is 0 Å². The molecule has 0 radical (unpaired) electrons. The Kier molecular flexibility index (Phi) is 6.40. The summed E-state index contributed by atoms with van der Waals surface area (Å²) in [5.41, 5.74) is 0.411. The molecular weight excluding hydrogens is 538 g/mol. The van der Waals surface area contributed by atoms with E-state index in [1.54, 1.807) is 43.5 Å². The van der Waals surface area contributed by atoms with Crippen LogP contribution in [0.1, 0.15) is 23.7 Å². The van der Waals surface area contributed by atoms with Crippen LogP contribution in [-0.2, 0) is 16.8 Å². The monoisotopic (exact) mass is 560 g/mol. The molecule has 1 aliphatic rings. The number of ether oxygens (including phenoxy) is 1. The maximum Gasteiger partial charge on any atom is 0.286 e.